The number of rotatable bonds is 8. The number of halogens is 1. The largest absolute Gasteiger partial charge is 0.491 e. The molecule has 1 aromatic carbocycles. The normalized spacial score (nSPS) is 23.7. The zero-order valence-electron chi connectivity index (χ0n) is 13.8. The van der Waals surface area contributed by atoms with E-state index in [9.17, 15) is 9.50 Å². The minimum absolute atomic E-state index is 0.191. The van der Waals surface area contributed by atoms with Crippen LogP contribution in [0.3, 0.4) is 0 Å². The van der Waals surface area contributed by atoms with E-state index in [0.29, 0.717) is 25.5 Å². The molecule has 0 radical (unpaired) electrons. The van der Waals surface area contributed by atoms with E-state index < -0.39 is 6.10 Å². The molecule has 1 N–H and O–H groups in total. The molecular weight excluding hydrogens is 301 g/mol. The number of β-amino-alcohol motifs (C(OH)–C–C–N with tert-alkyl or cyclic N) is 1. The second-order valence-electron chi connectivity index (χ2n) is 6.01. The van der Waals surface area contributed by atoms with Crippen LogP contribution >= 0.6 is 0 Å². The molecule has 0 unspecified atom stereocenters. The number of hydrogen-bond acceptors (Lipinski definition) is 5. The summed E-state index contributed by atoms with van der Waals surface area (Å²) in [6.45, 7) is 7.33. The van der Waals surface area contributed by atoms with Crippen molar-refractivity contribution in [2.24, 2.45) is 0 Å². The Kier molecular flexibility index (Phi) is 7.23. The first-order valence-corrected chi connectivity index (χ1v) is 8.05. The molecule has 1 heterocycles. The van der Waals surface area contributed by atoms with Gasteiger partial charge in [0.15, 0.2) is 0 Å². The Bertz CT molecular complexity index is 446. The maximum absolute atomic E-state index is 12.7. The van der Waals surface area contributed by atoms with Crippen molar-refractivity contribution in [1.29, 1.82) is 0 Å². The van der Waals surface area contributed by atoms with Crippen molar-refractivity contribution in [2.45, 2.75) is 32.2 Å². The van der Waals surface area contributed by atoms with E-state index in [1.807, 2.05) is 13.8 Å². The number of aliphatic hydroxyl groups is 1. The number of benzene rings is 1. The first-order chi connectivity index (χ1) is 11.0. The van der Waals surface area contributed by atoms with Gasteiger partial charge < -0.3 is 19.3 Å². The lowest BCUT2D eigenvalue weighted by Crippen LogP contribution is -2.48. The maximum Gasteiger partial charge on any atom is 0.123 e. The van der Waals surface area contributed by atoms with Crippen molar-refractivity contribution >= 4 is 0 Å². The fourth-order valence-corrected chi connectivity index (χ4v) is 2.75. The lowest BCUT2D eigenvalue weighted by atomic mass is 10.2. The van der Waals surface area contributed by atoms with E-state index in [2.05, 4.69) is 4.90 Å². The Morgan fingerprint density at radius 1 is 1.22 bits per heavy atom. The van der Waals surface area contributed by atoms with Crippen LogP contribution < -0.4 is 4.74 Å². The van der Waals surface area contributed by atoms with Crippen LogP contribution in [0.4, 0.5) is 4.39 Å². The fourth-order valence-electron chi connectivity index (χ4n) is 2.75. The molecule has 1 aliphatic rings. The summed E-state index contributed by atoms with van der Waals surface area (Å²) in [6, 6.07) is 5.85. The third kappa shape index (κ3) is 6.83. The number of ether oxygens (including phenoxy) is 3. The Morgan fingerprint density at radius 2 is 1.87 bits per heavy atom. The van der Waals surface area contributed by atoms with E-state index in [1.54, 1.807) is 12.1 Å². The molecule has 5 nitrogen and oxygen atoms in total. The molecule has 1 fully saturated rings. The fraction of sp³-hybridized carbons (Fsp3) is 0.647. The lowest BCUT2D eigenvalue weighted by Gasteiger charge is -2.36. The van der Waals surface area contributed by atoms with Crippen LogP contribution in [0, 0.1) is 5.82 Å². The summed E-state index contributed by atoms with van der Waals surface area (Å²) >= 11 is 0. The summed E-state index contributed by atoms with van der Waals surface area (Å²) in [5, 5.41) is 10.0. The monoisotopic (exact) mass is 327 g/mol. The van der Waals surface area contributed by atoms with Crippen molar-refractivity contribution in [3.05, 3.63) is 30.1 Å². The van der Waals surface area contributed by atoms with Crippen LogP contribution in [-0.4, -0.2) is 67.8 Å². The molecule has 0 spiro atoms. The minimum Gasteiger partial charge on any atom is -0.491 e. The molecular formula is C17H26FNO4. The lowest BCUT2D eigenvalue weighted by molar-refractivity contribution is -0.0824. The van der Waals surface area contributed by atoms with Gasteiger partial charge in [-0.25, -0.2) is 4.39 Å². The minimum atomic E-state index is -0.529. The highest BCUT2D eigenvalue weighted by Crippen LogP contribution is 2.12. The van der Waals surface area contributed by atoms with Gasteiger partial charge in [-0.2, -0.15) is 0 Å². The summed E-state index contributed by atoms with van der Waals surface area (Å²) < 4.78 is 29.3. The van der Waals surface area contributed by atoms with Gasteiger partial charge in [0.25, 0.3) is 0 Å². The molecule has 1 aromatic rings. The molecule has 6 heteroatoms. The molecule has 23 heavy (non-hydrogen) atoms. The highest BCUT2D eigenvalue weighted by Gasteiger charge is 2.23. The van der Waals surface area contributed by atoms with Gasteiger partial charge >= 0.3 is 0 Å². The standard InChI is InChI=1S/C17H26FNO4/c1-13-9-19(10-14(2)23-13)11-16(20)12-21-7-8-22-17-5-3-15(18)4-6-17/h3-6,13-14,16,20H,7-12H2,1-2H3/t13-,14+,16-/m1/s1. The van der Waals surface area contributed by atoms with Crippen LogP contribution in [-0.2, 0) is 9.47 Å². The highest BCUT2D eigenvalue weighted by molar-refractivity contribution is 5.21. The predicted molar refractivity (Wildman–Crippen MR) is 85.2 cm³/mol. The van der Waals surface area contributed by atoms with Crippen molar-refractivity contribution < 1.29 is 23.7 Å². The Labute approximate surface area is 137 Å². The number of hydrogen-bond donors (Lipinski definition) is 1. The second kappa shape index (κ2) is 9.17. The molecule has 0 aromatic heterocycles. The molecule has 0 amide bonds. The molecule has 0 aliphatic carbocycles. The number of morpholine rings is 1. The van der Waals surface area contributed by atoms with Gasteiger partial charge in [0, 0.05) is 19.6 Å². The average molecular weight is 327 g/mol. The van der Waals surface area contributed by atoms with Crippen LogP contribution in [0.5, 0.6) is 5.75 Å². The predicted octanol–water partition coefficient (Wildman–Crippen LogP) is 1.69. The smallest absolute Gasteiger partial charge is 0.123 e. The molecule has 1 saturated heterocycles. The van der Waals surface area contributed by atoms with Gasteiger partial charge in [0.1, 0.15) is 18.2 Å². The van der Waals surface area contributed by atoms with Gasteiger partial charge in [0.2, 0.25) is 0 Å². The highest BCUT2D eigenvalue weighted by atomic mass is 19.1. The van der Waals surface area contributed by atoms with Gasteiger partial charge in [-0.1, -0.05) is 0 Å². The van der Waals surface area contributed by atoms with E-state index in [4.69, 9.17) is 14.2 Å². The molecule has 0 saturated carbocycles. The Morgan fingerprint density at radius 3 is 2.52 bits per heavy atom. The molecule has 3 atom stereocenters. The number of nitrogens with zero attached hydrogens (tertiary/aromatic N) is 1. The summed E-state index contributed by atoms with van der Waals surface area (Å²) in [5.74, 6) is 0.315. The van der Waals surface area contributed by atoms with Crippen molar-refractivity contribution in [2.75, 3.05) is 39.5 Å². The third-order valence-electron chi connectivity index (χ3n) is 3.58. The van der Waals surface area contributed by atoms with Crippen LogP contribution in [0.25, 0.3) is 0 Å². The molecule has 0 bridgehead atoms. The van der Waals surface area contributed by atoms with Gasteiger partial charge in [-0.15, -0.1) is 0 Å². The van der Waals surface area contributed by atoms with E-state index >= 15 is 0 Å². The quantitative estimate of drug-likeness (QED) is 0.737. The second-order valence-corrected chi connectivity index (χ2v) is 6.01. The van der Waals surface area contributed by atoms with Gasteiger partial charge in [-0.05, 0) is 38.1 Å². The topological polar surface area (TPSA) is 51.2 Å². The van der Waals surface area contributed by atoms with Gasteiger partial charge in [-0.3, -0.25) is 4.90 Å². The third-order valence-corrected chi connectivity index (χ3v) is 3.58. The average Bonchev–Trinajstić information content (AvgIpc) is 2.47. The van der Waals surface area contributed by atoms with Gasteiger partial charge in [0.05, 0.1) is 31.5 Å². The van der Waals surface area contributed by atoms with E-state index in [1.165, 1.54) is 12.1 Å². The van der Waals surface area contributed by atoms with Crippen molar-refractivity contribution in [3.8, 4) is 5.75 Å². The SMILES string of the molecule is C[C@@H]1CN(C[C@@H](O)COCCOc2ccc(F)cc2)C[C@H](C)O1. The number of aliphatic hydroxyl groups excluding tert-OH is 1. The zero-order valence-corrected chi connectivity index (χ0v) is 13.8. The molecule has 1 aliphatic heterocycles. The Balaban J connectivity index is 1.56. The van der Waals surface area contributed by atoms with Crippen LogP contribution in [0.15, 0.2) is 24.3 Å². The summed E-state index contributed by atoms with van der Waals surface area (Å²) in [6.07, 6.45) is -0.148. The van der Waals surface area contributed by atoms with E-state index in [0.717, 1.165) is 13.1 Å². The van der Waals surface area contributed by atoms with Crippen LogP contribution in [0.1, 0.15) is 13.8 Å². The summed E-state index contributed by atoms with van der Waals surface area (Å²) in [7, 11) is 0. The van der Waals surface area contributed by atoms with E-state index in [-0.39, 0.29) is 24.6 Å². The first-order valence-electron chi connectivity index (χ1n) is 8.05. The zero-order chi connectivity index (χ0) is 16.7. The Hall–Kier alpha value is -1.21. The molecule has 2 rings (SSSR count). The first kappa shape index (κ1) is 18.1. The van der Waals surface area contributed by atoms with Crippen LogP contribution in [0.2, 0.25) is 0 Å². The maximum atomic E-state index is 12.7. The summed E-state index contributed by atoms with van der Waals surface area (Å²) in [4.78, 5) is 2.20. The van der Waals surface area contributed by atoms with Crippen molar-refractivity contribution in [3.63, 3.8) is 0 Å². The molecule has 130 valence electrons. The summed E-state index contributed by atoms with van der Waals surface area (Å²) in [5.41, 5.74) is 0. The van der Waals surface area contributed by atoms with Crippen molar-refractivity contribution in [1.82, 2.24) is 4.90 Å².